The molecule has 0 bridgehead atoms. The summed E-state index contributed by atoms with van der Waals surface area (Å²) in [4.78, 5) is 33.7. The van der Waals surface area contributed by atoms with Crippen LogP contribution in [0.2, 0.25) is 0 Å². The van der Waals surface area contributed by atoms with Crippen molar-refractivity contribution in [3.63, 3.8) is 0 Å². The Hall–Kier alpha value is -1.98. The maximum absolute atomic E-state index is 12.0. The highest BCUT2D eigenvalue weighted by Crippen LogP contribution is 2.19. The zero-order chi connectivity index (χ0) is 13.8. The van der Waals surface area contributed by atoms with Gasteiger partial charge in [-0.05, 0) is 25.8 Å². The number of esters is 1. The smallest absolute Gasteiger partial charge is 0.316 e. The number of carbonyl (C=O) groups is 2. The number of hydrogen-bond acceptors (Lipinski definition) is 6. The third-order valence-electron chi connectivity index (χ3n) is 3.04. The zero-order valence-corrected chi connectivity index (χ0v) is 11.1. The van der Waals surface area contributed by atoms with Gasteiger partial charge in [-0.1, -0.05) is 0 Å². The molecule has 1 fully saturated rings. The van der Waals surface area contributed by atoms with Crippen LogP contribution < -0.4 is 4.90 Å². The van der Waals surface area contributed by atoms with Crippen LogP contribution in [0.3, 0.4) is 0 Å². The lowest BCUT2D eigenvalue weighted by Gasteiger charge is -2.29. The van der Waals surface area contributed by atoms with E-state index in [1.807, 2.05) is 6.92 Å². The number of carbonyl (C=O) groups excluding carboxylic acids is 2. The van der Waals surface area contributed by atoms with Crippen LogP contribution in [0, 0.1) is 12.8 Å². The van der Waals surface area contributed by atoms with Crippen molar-refractivity contribution >= 4 is 17.7 Å². The van der Waals surface area contributed by atoms with Gasteiger partial charge < -0.3 is 9.64 Å². The Bertz CT molecular complexity index is 473. The summed E-state index contributed by atoms with van der Waals surface area (Å²) in [5.74, 6) is -0.659. The van der Waals surface area contributed by atoms with Gasteiger partial charge in [0.25, 0.3) is 0 Å². The van der Waals surface area contributed by atoms with Gasteiger partial charge in [-0.25, -0.2) is 9.97 Å². The van der Waals surface area contributed by atoms with Crippen molar-refractivity contribution in [1.82, 2.24) is 9.97 Å². The van der Waals surface area contributed by atoms with Crippen molar-refractivity contribution in [1.29, 1.82) is 0 Å². The Labute approximate surface area is 111 Å². The third kappa shape index (κ3) is 3.07. The molecule has 1 saturated heterocycles. The molecule has 0 spiro atoms. The van der Waals surface area contributed by atoms with Crippen LogP contribution in [0.1, 0.15) is 18.9 Å². The van der Waals surface area contributed by atoms with Gasteiger partial charge in [0.05, 0.1) is 13.2 Å². The highest BCUT2D eigenvalue weighted by atomic mass is 16.5. The van der Waals surface area contributed by atoms with Gasteiger partial charge in [-0.15, -0.1) is 0 Å². The van der Waals surface area contributed by atoms with Crippen molar-refractivity contribution in [2.75, 3.05) is 24.6 Å². The monoisotopic (exact) mass is 263 g/mol. The van der Waals surface area contributed by atoms with E-state index in [4.69, 9.17) is 4.74 Å². The van der Waals surface area contributed by atoms with E-state index in [0.29, 0.717) is 25.5 Å². The molecule has 6 nitrogen and oxygen atoms in total. The molecule has 0 amide bonds. The fraction of sp³-hybridized carbons (Fsp3) is 0.538. The van der Waals surface area contributed by atoms with Gasteiger partial charge in [-0.2, -0.15) is 0 Å². The number of rotatable bonds is 3. The summed E-state index contributed by atoms with van der Waals surface area (Å²) in [6, 6.07) is 0. The van der Waals surface area contributed by atoms with Crippen LogP contribution in [-0.2, 0) is 14.3 Å². The molecule has 1 unspecified atom stereocenters. The van der Waals surface area contributed by atoms with Crippen LogP contribution in [-0.4, -0.2) is 41.4 Å². The molecule has 1 aromatic heterocycles. The molecule has 2 rings (SSSR count). The van der Waals surface area contributed by atoms with Gasteiger partial charge in [-0.3, -0.25) is 9.59 Å². The highest BCUT2D eigenvalue weighted by Gasteiger charge is 2.34. The van der Waals surface area contributed by atoms with E-state index in [0.717, 1.165) is 5.56 Å². The number of aryl methyl sites for hydroxylation is 1. The lowest BCUT2D eigenvalue weighted by molar-refractivity contribution is -0.152. The molecule has 0 radical (unpaired) electrons. The highest BCUT2D eigenvalue weighted by molar-refractivity contribution is 6.01. The standard InChI is InChI=1S/C13H17N3O3/c1-3-19-12(18)10-4-5-16(8-11(10)17)13-14-6-9(2)7-15-13/h6-7,10H,3-5,8H2,1-2H3. The Morgan fingerprint density at radius 1 is 1.47 bits per heavy atom. The van der Waals surface area contributed by atoms with Gasteiger partial charge in [0.2, 0.25) is 5.95 Å². The molecule has 1 aromatic rings. The summed E-state index contributed by atoms with van der Waals surface area (Å²) in [5.41, 5.74) is 0.969. The van der Waals surface area contributed by atoms with E-state index in [2.05, 4.69) is 9.97 Å². The van der Waals surface area contributed by atoms with E-state index in [1.165, 1.54) is 0 Å². The summed E-state index contributed by atoms with van der Waals surface area (Å²) >= 11 is 0. The first-order chi connectivity index (χ1) is 9.11. The first kappa shape index (κ1) is 13.5. The van der Waals surface area contributed by atoms with E-state index in [9.17, 15) is 9.59 Å². The molecule has 6 heteroatoms. The van der Waals surface area contributed by atoms with Gasteiger partial charge in [0.15, 0.2) is 5.78 Å². The first-order valence-corrected chi connectivity index (χ1v) is 6.34. The number of ether oxygens (including phenoxy) is 1. The largest absolute Gasteiger partial charge is 0.465 e. The van der Waals surface area contributed by atoms with Crippen molar-refractivity contribution in [3.8, 4) is 0 Å². The second-order valence-electron chi connectivity index (χ2n) is 4.54. The van der Waals surface area contributed by atoms with Gasteiger partial charge >= 0.3 is 5.97 Å². The molecule has 1 aliphatic rings. The molecule has 0 N–H and O–H groups in total. The lowest BCUT2D eigenvalue weighted by atomic mass is 9.96. The molecule has 0 aliphatic carbocycles. The molecular formula is C13H17N3O3. The molecule has 0 saturated carbocycles. The second-order valence-corrected chi connectivity index (χ2v) is 4.54. The number of ketones is 1. The van der Waals surface area contributed by atoms with E-state index in [-0.39, 0.29) is 12.3 Å². The summed E-state index contributed by atoms with van der Waals surface area (Å²) in [7, 11) is 0. The summed E-state index contributed by atoms with van der Waals surface area (Å²) in [6.07, 6.45) is 3.88. The molecule has 102 valence electrons. The van der Waals surface area contributed by atoms with Gasteiger partial charge in [0, 0.05) is 18.9 Å². The topological polar surface area (TPSA) is 72.4 Å². The van der Waals surface area contributed by atoms with Crippen molar-refractivity contribution in [3.05, 3.63) is 18.0 Å². The fourth-order valence-corrected chi connectivity index (χ4v) is 2.04. The zero-order valence-electron chi connectivity index (χ0n) is 11.1. The van der Waals surface area contributed by atoms with Crippen LogP contribution in [0.25, 0.3) is 0 Å². The quantitative estimate of drug-likeness (QED) is 0.591. The van der Waals surface area contributed by atoms with Crippen LogP contribution in [0.5, 0.6) is 0 Å². The molecule has 19 heavy (non-hydrogen) atoms. The van der Waals surface area contributed by atoms with E-state index < -0.39 is 11.9 Å². The molecule has 0 aromatic carbocycles. The van der Waals surface area contributed by atoms with E-state index >= 15 is 0 Å². The average molecular weight is 263 g/mol. The molecule has 2 heterocycles. The number of Topliss-reactive ketones (excluding diaryl/α,β-unsaturated/α-hetero) is 1. The number of piperidine rings is 1. The van der Waals surface area contributed by atoms with Crippen LogP contribution >= 0.6 is 0 Å². The Balaban J connectivity index is 2.02. The average Bonchev–Trinajstić information content (AvgIpc) is 2.39. The number of hydrogen-bond donors (Lipinski definition) is 0. The predicted octanol–water partition coefficient (Wildman–Crippen LogP) is 0.744. The number of anilines is 1. The minimum atomic E-state index is -0.637. The first-order valence-electron chi connectivity index (χ1n) is 6.34. The fourth-order valence-electron chi connectivity index (χ4n) is 2.04. The van der Waals surface area contributed by atoms with Crippen LogP contribution in [0.4, 0.5) is 5.95 Å². The molecule has 1 aliphatic heterocycles. The Morgan fingerprint density at radius 2 is 2.16 bits per heavy atom. The normalized spacial score (nSPS) is 19.4. The van der Waals surface area contributed by atoms with Crippen molar-refractivity contribution in [2.45, 2.75) is 20.3 Å². The summed E-state index contributed by atoms with van der Waals surface area (Å²) in [5, 5.41) is 0. The third-order valence-corrected chi connectivity index (χ3v) is 3.04. The maximum Gasteiger partial charge on any atom is 0.316 e. The number of nitrogens with zero attached hydrogens (tertiary/aromatic N) is 3. The van der Waals surface area contributed by atoms with E-state index in [1.54, 1.807) is 24.2 Å². The Kier molecular flexibility index (Phi) is 4.09. The van der Waals surface area contributed by atoms with Gasteiger partial charge in [0.1, 0.15) is 5.92 Å². The second kappa shape index (κ2) is 5.77. The molecule has 1 atom stereocenters. The minimum absolute atomic E-state index is 0.131. The predicted molar refractivity (Wildman–Crippen MR) is 68.7 cm³/mol. The summed E-state index contributed by atoms with van der Waals surface area (Å²) in [6.45, 7) is 4.68. The SMILES string of the molecule is CCOC(=O)C1CCN(c2ncc(C)cn2)CC1=O. The van der Waals surface area contributed by atoms with Crippen LogP contribution in [0.15, 0.2) is 12.4 Å². The minimum Gasteiger partial charge on any atom is -0.465 e. The maximum atomic E-state index is 12.0. The van der Waals surface area contributed by atoms with Crippen molar-refractivity contribution < 1.29 is 14.3 Å². The molecular weight excluding hydrogens is 246 g/mol. The summed E-state index contributed by atoms with van der Waals surface area (Å²) < 4.78 is 4.90. The number of aromatic nitrogens is 2. The van der Waals surface area contributed by atoms with Crippen molar-refractivity contribution in [2.24, 2.45) is 5.92 Å². The Morgan fingerprint density at radius 3 is 2.74 bits per heavy atom. The lowest BCUT2D eigenvalue weighted by Crippen LogP contribution is -2.44.